The number of piperazine rings is 1. The van der Waals surface area contributed by atoms with Crippen LogP contribution in [-0.2, 0) is 4.79 Å². The molecule has 206 valence electrons. The molecular formula is C27H31ClN6O4S. The Bertz CT molecular complexity index is 1460. The van der Waals surface area contributed by atoms with Gasteiger partial charge in [-0.15, -0.1) is 0 Å². The Hall–Kier alpha value is -3.41. The zero-order chi connectivity index (χ0) is 27.5. The second-order valence-electron chi connectivity index (χ2n) is 9.54. The second-order valence-corrected chi connectivity index (χ2v) is 10.3. The number of methoxy groups -OCH3 is 2. The fourth-order valence-corrected chi connectivity index (χ4v) is 5.53. The van der Waals surface area contributed by atoms with Gasteiger partial charge in [-0.05, 0) is 42.9 Å². The lowest BCUT2D eigenvalue weighted by Gasteiger charge is -2.36. The van der Waals surface area contributed by atoms with Gasteiger partial charge in [0.1, 0.15) is 11.9 Å². The molecular weight excluding hydrogens is 540 g/mol. The average molecular weight is 571 g/mol. The Kier molecular flexibility index (Phi) is 8.20. The van der Waals surface area contributed by atoms with Gasteiger partial charge in [0.15, 0.2) is 11.5 Å². The van der Waals surface area contributed by atoms with Crippen molar-refractivity contribution in [2.75, 3.05) is 63.7 Å². The van der Waals surface area contributed by atoms with Gasteiger partial charge in [-0.25, -0.2) is 9.55 Å². The van der Waals surface area contributed by atoms with Crippen LogP contribution in [0.3, 0.4) is 0 Å². The molecule has 0 bridgehead atoms. The van der Waals surface area contributed by atoms with Crippen LogP contribution in [0.2, 0.25) is 5.02 Å². The molecule has 1 saturated heterocycles. The summed E-state index contributed by atoms with van der Waals surface area (Å²) >= 11 is 11.5. The molecule has 0 spiro atoms. The van der Waals surface area contributed by atoms with Crippen LogP contribution >= 0.6 is 23.8 Å². The number of amides is 1. The monoisotopic (exact) mass is 570 g/mol. The molecule has 0 radical (unpaired) electrons. The number of nitrogens with one attached hydrogen (secondary N) is 2. The third-order valence-corrected chi connectivity index (χ3v) is 7.68. The minimum Gasteiger partial charge on any atom is -0.493 e. The standard InChI is InChI=1S/C27H31ClN6O4S/c1-37-22-15-19-21(16-23(22)38-2)31-27(39)34-25(19)30-20(26(34)36)6-7-24(35)29-8-9-32-10-12-33(13-11-32)18-5-3-4-17(28)14-18/h3-5,14-16,20,30H,6-13H2,1-2H3,(H,29,35)/t20-/m0/s1. The van der Waals surface area contributed by atoms with Gasteiger partial charge >= 0.3 is 0 Å². The number of benzene rings is 2. The maximum atomic E-state index is 13.1. The first-order valence-electron chi connectivity index (χ1n) is 12.9. The highest BCUT2D eigenvalue weighted by Gasteiger charge is 2.32. The first-order valence-corrected chi connectivity index (χ1v) is 13.7. The van der Waals surface area contributed by atoms with Crippen LogP contribution in [0.5, 0.6) is 11.5 Å². The highest BCUT2D eigenvalue weighted by atomic mass is 35.5. The summed E-state index contributed by atoms with van der Waals surface area (Å²) in [4.78, 5) is 34.7. The van der Waals surface area contributed by atoms with Crippen LogP contribution in [0.1, 0.15) is 17.6 Å². The fraction of sp³-hybridized carbons (Fsp3) is 0.407. The van der Waals surface area contributed by atoms with Crippen molar-refractivity contribution >= 4 is 58.0 Å². The van der Waals surface area contributed by atoms with Crippen LogP contribution in [0.4, 0.5) is 11.5 Å². The van der Waals surface area contributed by atoms with Crippen LogP contribution in [0.25, 0.3) is 10.9 Å². The molecule has 0 unspecified atom stereocenters. The number of ether oxygens (including phenoxy) is 2. The number of hydrogen-bond acceptors (Lipinski definition) is 9. The predicted molar refractivity (Wildman–Crippen MR) is 154 cm³/mol. The topological polar surface area (TPSA) is 101 Å². The van der Waals surface area contributed by atoms with Gasteiger partial charge in [-0.2, -0.15) is 0 Å². The summed E-state index contributed by atoms with van der Waals surface area (Å²) in [5, 5.41) is 7.67. The summed E-state index contributed by atoms with van der Waals surface area (Å²) < 4.78 is 12.3. The van der Waals surface area contributed by atoms with Crippen molar-refractivity contribution in [1.82, 2.24) is 19.8 Å². The molecule has 1 atom stereocenters. The van der Waals surface area contributed by atoms with E-state index in [1.807, 2.05) is 18.2 Å². The van der Waals surface area contributed by atoms with Crippen molar-refractivity contribution in [3.8, 4) is 11.5 Å². The van der Waals surface area contributed by atoms with E-state index in [2.05, 4.69) is 31.5 Å². The molecule has 39 heavy (non-hydrogen) atoms. The SMILES string of the molecule is COc1cc2nc(=S)n3c(c2cc1OC)N[C@@H](CCC(=O)NCCN1CCN(c2cccc(Cl)c2)CC1)C3=O. The van der Waals surface area contributed by atoms with Gasteiger partial charge in [0.2, 0.25) is 10.7 Å². The Labute approximate surface area is 236 Å². The van der Waals surface area contributed by atoms with Crippen LogP contribution in [0.15, 0.2) is 36.4 Å². The summed E-state index contributed by atoms with van der Waals surface area (Å²) in [5.41, 5.74) is 1.73. The Morgan fingerprint density at radius 3 is 2.62 bits per heavy atom. The minimum absolute atomic E-state index is 0.0869. The van der Waals surface area contributed by atoms with Gasteiger partial charge in [0.25, 0.3) is 5.91 Å². The van der Waals surface area contributed by atoms with E-state index in [9.17, 15) is 9.59 Å². The number of aromatic nitrogens is 2. The largest absolute Gasteiger partial charge is 0.493 e. The van der Waals surface area contributed by atoms with Crippen molar-refractivity contribution in [3.63, 3.8) is 0 Å². The summed E-state index contributed by atoms with van der Waals surface area (Å²) in [6.45, 7) is 4.99. The molecule has 2 aromatic carbocycles. The summed E-state index contributed by atoms with van der Waals surface area (Å²) in [7, 11) is 3.10. The fourth-order valence-electron chi connectivity index (χ4n) is 5.06. The van der Waals surface area contributed by atoms with E-state index in [0.717, 1.165) is 43.4 Å². The van der Waals surface area contributed by atoms with E-state index < -0.39 is 6.04 Å². The van der Waals surface area contributed by atoms with Crippen LogP contribution in [0, 0.1) is 4.77 Å². The van der Waals surface area contributed by atoms with Gasteiger partial charge in [-0.3, -0.25) is 14.5 Å². The Morgan fingerprint density at radius 1 is 1.15 bits per heavy atom. The number of fused-ring (bicyclic) bond motifs is 3. The van der Waals surface area contributed by atoms with Crippen molar-refractivity contribution < 1.29 is 19.1 Å². The van der Waals surface area contributed by atoms with Crippen molar-refractivity contribution in [2.45, 2.75) is 18.9 Å². The van der Waals surface area contributed by atoms with E-state index in [1.54, 1.807) is 26.4 Å². The second kappa shape index (κ2) is 11.8. The van der Waals surface area contributed by atoms with E-state index in [-0.39, 0.29) is 23.0 Å². The van der Waals surface area contributed by atoms with E-state index in [4.69, 9.17) is 33.3 Å². The normalized spacial score (nSPS) is 17.2. The number of carbonyl (C=O) groups is 2. The molecule has 3 heterocycles. The maximum Gasteiger partial charge on any atom is 0.257 e. The van der Waals surface area contributed by atoms with Crippen LogP contribution in [-0.4, -0.2) is 85.8 Å². The summed E-state index contributed by atoms with van der Waals surface area (Å²) in [6.07, 6.45) is 0.560. The molecule has 5 rings (SSSR count). The number of nitrogens with zero attached hydrogens (tertiary/aromatic N) is 4. The summed E-state index contributed by atoms with van der Waals surface area (Å²) in [6, 6.07) is 10.8. The van der Waals surface area contributed by atoms with E-state index >= 15 is 0 Å². The Balaban J connectivity index is 1.11. The average Bonchev–Trinajstić information content (AvgIpc) is 3.28. The molecule has 12 heteroatoms. The molecule has 2 N–H and O–H groups in total. The zero-order valence-corrected chi connectivity index (χ0v) is 23.5. The molecule has 1 fully saturated rings. The summed E-state index contributed by atoms with van der Waals surface area (Å²) in [5.74, 6) is 1.30. The van der Waals surface area contributed by atoms with Crippen molar-refractivity contribution in [2.24, 2.45) is 0 Å². The lowest BCUT2D eigenvalue weighted by atomic mass is 10.1. The van der Waals surface area contributed by atoms with Crippen molar-refractivity contribution in [3.05, 3.63) is 46.2 Å². The lowest BCUT2D eigenvalue weighted by molar-refractivity contribution is -0.121. The Morgan fingerprint density at radius 2 is 1.90 bits per heavy atom. The molecule has 10 nitrogen and oxygen atoms in total. The quantitative estimate of drug-likeness (QED) is 0.374. The van der Waals surface area contributed by atoms with Gasteiger partial charge < -0.3 is 25.0 Å². The van der Waals surface area contributed by atoms with Gasteiger partial charge in [0, 0.05) is 67.9 Å². The van der Waals surface area contributed by atoms with E-state index in [0.29, 0.717) is 41.2 Å². The molecule has 3 aromatic rings. The lowest BCUT2D eigenvalue weighted by Crippen LogP contribution is -2.48. The molecule has 2 aliphatic rings. The number of rotatable bonds is 9. The number of halogens is 1. The zero-order valence-electron chi connectivity index (χ0n) is 21.9. The highest BCUT2D eigenvalue weighted by Crippen LogP contribution is 2.37. The van der Waals surface area contributed by atoms with Crippen LogP contribution < -0.4 is 25.0 Å². The highest BCUT2D eigenvalue weighted by molar-refractivity contribution is 7.71. The third kappa shape index (κ3) is 5.80. The molecule has 0 aliphatic carbocycles. The number of anilines is 2. The smallest absolute Gasteiger partial charge is 0.257 e. The third-order valence-electron chi connectivity index (χ3n) is 7.17. The first-order chi connectivity index (χ1) is 18.9. The van der Waals surface area contributed by atoms with Gasteiger partial charge in [0.05, 0.1) is 19.7 Å². The molecule has 0 saturated carbocycles. The molecule has 1 aromatic heterocycles. The minimum atomic E-state index is -0.572. The molecule has 1 amide bonds. The van der Waals surface area contributed by atoms with Gasteiger partial charge in [-0.1, -0.05) is 17.7 Å². The number of hydrogen-bond donors (Lipinski definition) is 2. The van der Waals surface area contributed by atoms with E-state index in [1.165, 1.54) is 4.57 Å². The first kappa shape index (κ1) is 27.2. The predicted octanol–water partition coefficient (Wildman–Crippen LogP) is 3.59. The maximum absolute atomic E-state index is 13.1. The van der Waals surface area contributed by atoms with Crippen molar-refractivity contribution in [1.29, 1.82) is 0 Å². The molecule has 2 aliphatic heterocycles. The number of carbonyl (C=O) groups excluding carboxylic acids is 2.